The van der Waals surface area contributed by atoms with Crippen LogP contribution in [0.15, 0.2) is 76.2 Å². The second kappa shape index (κ2) is 8.47. The molecule has 2 unspecified atom stereocenters. The molecule has 0 saturated carbocycles. The van der Waals surface area contributed by atoms with Gasteiger partial charge in [0, 0.05) is 28.2 Å². The number of phenols is 1. The van der Waals surface area contributed by atoms with E-state index in [1.54, 1.807) is 12.1 Å². The molecular formula is C24H22BrFN2O. The number of halogens is 2. The summed E-state index contributed by atoms with van der Waals surface area (Å²) in [5, 5.41) is 13.9. The van der Waals surface area contributed by atoms with Crippen LogP contribution in [0.25, 0.3) is 0 Å². The molecule has 2 atom stereocenters. The highest BCUT2D eigenvalue weighted by Crippen LogP contribution is 2.35. The molecule has 5 heteroatoms. The van der Waals surface area contributed by atoms with E-state index in [9.17, 15) is 9.50 Å². The van der Waals surface area contributed by atoms with Crippen molar-refractivity contribution in [2.45, 2.75) is 32.0 Å². The Morgan fingerprint density at radius 3 is 2.62 bits per heavy atom. The first-order chi connectivity index (χ1) is 14.0. The highest BCUT2D eigenvalue weighted by atomic mass is 79.9. The van der Waals surface area contributed by atoms with Gasteiger partial charge in [0.25, 0.3) is 0 Å². The van der Waals surface area contributed by atoms with Crippen LogP contribution in [0, 0.1) is 5.82 Å². The van der Waals surface area contributed by atoms with E-state index in [2.05, 4.69) is 52.4 Å². The maximum absolute atomic E-state index is 13.8. The largest absolute Gasteiger partial charge is 0.508 e. The molecule has 0 aliphatic carbocycles. The number of rotatable bonds is 4. The molecule has 29 heavy (non-hydrogen) atoms. The SMILES string of the molecule is CCc1ccc(C2=NC(c3cccc(F)c3)NC(c3cc(Br)ccc3O)C2)cc1. The van der Waals surface area contributed by atoms with Crippen LogP contribution in [-0.4, -0.2) is 10.8 Å². The van der Waals surface area contributed by atoms with Gasteiger partial charge in [-0.15, -0.1) is 0 Å². The van der Waals surface area contributed by atoms with Gasteiger partial charge in [-0.1, -0.05) is 59.3 Å². The minimum atomic E-state index is -0.399. The first kappa shape index (κ1) is 19.8. The molecule has 3 nitrogen and oxygen atoms in total. The van der Waals surface area contributed by atoms with Gasteiger partial charge in [-0.25, -0.2) is 4.39 Å². The molecule has 148 valence electrons. The summed E-state index contributed by atoms with van der Waals surface area (Å²) in [6.07, 6.45) is 1.21. The average molecular weight is 453 g/mol. The second-order valence-electron chi connectivity index (χ2n) is 7.21. The summed E-state index contributed by atoms with van der Waals surface area (Å²) >= 11 is 3.49. The Morgan fingerprint density at radius 2 is 1.90 bits per heavy atom. The van der Waals surface area contributed by atoms with E-state index in [1.807, 2.05) is 18.2 Å². The van der Waals surface area contributed by atoms with Gasteiger partial charge in [0.15, 0.2) is 0 Å². The number of nitrogens with one attached hydrogen (secondary N) is 1. The summed E-state index contributed by atoms with van der Waals surface area (Å²) in [5.74, 6) is -0.0629. The first-order valence-electron chi connectivity index (χ1n) is 9.69. The van der Waals surface area contributed by atoms with E-state index >= 15 is 0 Å². The van der Waals surface area contributed by atoms with Crippen LogP contribution in [0.1, 0.15) is 47.8 Å². The molecule has 1 aliphatic rings. The van der Waals surface area contributed by atoms with E-state index in [-0.39, 0.29) is 17.6 Å². The lowest BCUT2D eigenvalue weighted by Crippen LogP contribution is -2.33. The van der Waals surface area contributed by atoms with Crippen molar-refractivity contribution in [1.82, 2.24) is 5.32 Å². The van der Waals surface area contributed by atoms with Gasteiger partial charge in [-0.2, -0.15) is 0 Å². The van der Waals surface area contributed by atoms with Crippen molar-refractivity contribution in [3.63, 3.8) is 0 Å². The van der Waals surface area contributed by atoms with E-state index in [0.717, 1.165) is 33.3 Å². The number of phenolic OH excluding ortho intramolecular Hbond substituents is 1. The minimum Gasteiger partial charge on any atom is -0.508 e. The predicted molar refractivity (Wildman–Crippen MR) is 118 cm³/mol. The van der Waals surface area contributed by atoms with Gasteiger partial charge in [0.2, 0.25) is 0 Å². The first-order valence-corrected chi connectivity index (χ1v) is 10.5. The van der Waals surface area contributed by atoms with Crippen LogP contribution in [0.3, 0.4) is 0 Å². The summed E-state index contributed by atoms with van der Waals surface area (Å²) in [6, 6.07) is 20.1. The predicted octanol–water partition coefficient (Wildman–Crippen LogP) is 6.08. The third-order valence-electron chi connectivity index (χ3n) is 5.27. The topological polar surface area (TPSA) is 44.6 Å². The van der Waals surface area contributed by atoms with Crippen LogP contribution in [0.4, 0.5) is 4.39 Å². The van der Waals surface area contributed by atoms with Gasteiger partial charge in [0.1, 0.15) is 17.7 Å². The lowest BCUT2D eigenvalue weighted by atomic mass is 9.93. The Morgan fingerprint density at radius 1 is 1.10 bits per heavy atom. The molecule has 0 amide bonds. The van der Waals surface area contributed by atoms with E-state index in [1.165, 1.54) is 17.7 Å². The molecule has 0 spiro atoms. The highest BCUT2D eigenvalue weighted by Gasteiger charge is 2.28. The fourth-order valence-electron chi connectivity index (χ4n) is 3.67. The number of benzene rings is 3. The Kier molecular flexibility index (Phi) is 5.79. The van der Waals surface area contributed by atoms with Crippen molar-refractivity contribution in [3.8, 4) is 5.75 Å². The number of hydrogen-bond acceptors (Lipinski definition) is 3. The molecule has 2 N–H and O–H groups in total. The van der Waals surface area contributed by atoms with Gasteiger partial charge in [0.05, 0.1) is 0 Å². The second-order valence-corrected chi connectivity index (χ2v) is 8.13. The van der Waals surface area contributed by atoms with Crippen molar-refractivity contribution in [2.75, 3.05) is 0 Å². The van der Waals surface area contributed by atoms with Crippen LogP contribution >= 0.6 is 15.9 Å². The fraction of sp³-hybridized carbons (Fsp3) is 0.208. The zero-order valence-electron chi connectivity index (χ0n) is 16.1. The molecule has 0 saturated heterocycles. The minimum absolute atomic E-state index is 0.154. The summed E-state index contributed by atoms with van der Waals surface area (Å²) in [7, 11) is 0. The summed E-state index contributed by atoms with van der Waals surface area (Å²) in [4.78, 5) is 4.89. The summed E-state index contributed by atoms with van der Waals surface area (Å²) in [5.41, 5.74) is 4.80. The summed E-state index contributed by atoms with van der Waals surface area (Å²) in [6.45, 7) is 2.13. The quantitative estimate of drug-likeness (QED) is 0.503. The van der Waals surface area contributed by atoms with Crippen molar-refractivity contribution >= 4 is 21.6 Å². The van der Waals surface area contributed by atoms with Crippen molar-refractivity contribution < 1.29 is 9.50 Å². The fourth-order valence-corrected chi connectivity index (χ4v) is 4.04. The molecule has 4 rings (SSSR count). The Balaban J connectivity index is 1.76. The zero-order valence-corrected chi connectivity index (χ0v) is 17.7. The van der Waals surface area contributed by atoms with Crippen molar-refractivity contribution in [3.05, 3.63) is 99.3 Å². The van der Waals surface area contributed by atoms with Gasteiger partial charge in [-0.05, 0) is 53.4 Å². The molecule has 3 aromatic rings. The molecule has 0 radical (unpaired) electrons. The molecule has 1 heterocycles. The van der Waals surface area contributed by atoms with Crippen molar-refractivity contribution in [1.29, 1.82) is 0 Å². The Labute approximate surface area is 178 Å². The van der Waals surface area contributed by atoms with Gasteiger partial charge < -0.3 is 5.11 Å². The van der Waals surface area contributed by atoms with E-state index < -0.39 is 6.17 Å². The average Bonchev–Trinajstić information content (AvgIpc) is 2.75. The number of aryl methyl sites for hydroxylation is 1. The van der Waals surface area contributed by atoms with E-state index in [4.69, 9.17) is 4.99 Å². The maximum Gasteiger partial charge on any atom is 0.126 e. The van der Waals surface area contributed by atoms with Crippen LogP contribution in [-0.2, 0) is 6.42 Å². The molecule has 3 aromatic carbocycles. The lowest BCUT2D eigenvalue weighted by Gasteiger charge is -2.31. The summed E-state index contributed by atoms with van der Waals surface area (Å²) < 4.78 is 14.7. The lowest BCUT2D eigenvalue weighted by molar-refractivity contribution is 0.411. The smallest absolute Gasteiger partial charge is 0.126 e. The van der Waals surface area contributed by atoms with Crippen LogP contribution in [0.5, 0.6) is 5.75 Å². The Bertz CT molecular complexity index is 1050. The number of aromatic hydroxyl groups is 1. The normalized spacial score (nSPS) is 19.1. The van der Waals surface area contributed by atoms with Crippen LogP contribution < -0.4 is 5.32 Å². The highest BCUT2D eigenvalue weighted by molar-refractivity contribution is 9.10. The molecular weight excluding hydrogens is 431 g/mol. The monoisotopic (exact) mass is 452 g/mol. The number of nitrogens with zero attached hydrogens (tertiary/aromatic N) is 1. The molecule has 0 aromatic heterocycles. The number of hydrogen-bond donors (Lipinski definition) is 2. The van der Waals surface area contributed by atoms with Crippen molar-refractivity contribution in [2.24, 2.45) is 4.99 Å². The Hall–Kier alpha value is -2.50. The third-order valence-corrected chi connectivity index (χ3v) is 5.76. The molecule has 0 bridgehead atoms. The molecule has 1 aliphatic heterocycles. The zero-order chi connectivity index (χ0) is 20.4. The molecule has 0 fully saturated rings. The third kappa shape index (κ3) is 4.41. The maximum atomic E-state index is 13.8. The van der Waals surface area contributed by atoms with Gasteiger partial charge in [-0.3, -0.25) is 10.3 Å². The number of aliphatic imine (C=N–C) groups is 1. The standard InChI is InChI=1S/C24H22BrFN2O/c1-2-15-6-8-16(9-7-15)21-14-22(20-13-18(25)10-11-23(20)29)28-24(27-21)17-4-3-5-19(26)12-17/h3-13,22,24,28-29H,2,14H2,1H3. The van der Waals surface area contributed by atoms with Gasteiger partial charge >= 0.3 is 0 Å². The van der Waals surface area contributed by atoms with E-state index in [0.29, 0.717) is 6.42 Å². The van der Waals surface area contributed by atoms with Crippen LogP contribution in [0.2, 0.25) is 0 Å².